The molecule has 5 heteroatoms. The van der Waals surface area contributed by atoms with Gasteiger partial charge in [-0.15, -0.1) is 0 Å². The van der Waals surface area contributed by atoms with Crippen LogP contribution < -0.4 is 10.1 Å². The van der Waals surface area contributed by atoms with E-state index >= 15 is 0 Å². The number of nitrogens with one attached hydrogen (secondary N) is 1. The summed E-state index contributed by atoms with van der Waals surface area (Å²) in [6.45, 7) is 2.74. The summed E-state index contributed by atoms with van der Waals surface area (Å²) in [7, 11) is 1.58. The molecule has 21 heavy (non-hydrogen) atoms. The molecule has 0 aliphatic heterocycles. The van der Waals surface area contributed by atoms with Crippen molar-refractivity contribution in [2.75, 3.05) is 25.6 Å². The normalized spacial score (nSPS) is 16.7. The van der Waals surface area contributed by atoms with Gasteiger partial charge in [-0.05, 0) is 25.0 Å². The number of carbonyl (C=O) groups is 1. The fraction of sp³-hybridized carbons (Fsp3) is 0.562. The van der Waals surface area contributed by atoms with Gasteiger partial charge in [0.05, 0.1) is 12.3 Å². The van der Waals surface area contributed by atoms with E-state index in [1.54, 1.807) is 7.11 Å². The minimum Gasteiger partial charge on any atom is -0.489 e. The number of hydrogen-bond acceptors (Lipinski definition) is 3. The van der Waals surface area contributed by atoms with Gasteiger partial charge in [0.15, 0.2) is 0 Å². The Hall–Kier alpha value is -1.62. The van der Waals surface area contributed by atoms with Crippen LogP contribution in [-0.4, -0.2) is 26.2 Å². The molecular formula is C16H22FNO3. The zero-order valence-corrected chi connectivity index (χ0v) is 12.6. The third-order valence-corrected chi connectivity index (χ3v) is 3.99. The molecule has 0 unspecified atom stereocenters. The topological polar surface area (TPSA) is 47.6 Å². The van der Waals surface area contributed by atoms with Crippen molar-refractivity contribution in [3.05, 3.63) is 24.0 Å². The number of anilines is 1. The molecule has 1 N–H and O–H groups in total. The molecule has 1 aliphatic carbocycles. The molecule has 2 rings (SSSR count). The van der Waals surface area contributed by atoms with Crippen molar-refractivity contribution in [3.8, 4) is 5.75 Å². The number of methoxy groups -OCH3 is 1. The van der Waals surface area contributed by atoms with Gasteiger partial charge in [-0.2, -0.15) is 0 Å². The number of amides is 1. The largest absolute Gasteiger partial charge is 0.489 e. The minimum atomic E-state index is -0.402. The molecule has 0 atom stereocenters. The van der Waals surface area contributed by atoms with Gasteiger partial charge in [0.25, 0.3) is 0 Å². The average Bonchev–Trinajstić information content (AvgIpc) is 2.90. The van der Waals surface area contributed by atoms with Crippen molar-refractivity contribution >= 4 is 11.6 Å². The Morgan fingerprint density at radius 2 is 2.05 bits per heavy atom. The lowest BCUT2D eigenvalue weighted by Crippen LogP contribution is -2.31. The summed E-state index contributed by atoms with van der Waals surface area (Å²) in [6.07, 6.45) is 3.86. The molecule has 1 saturated carbocycles. The molecule has 1 aromatic carbocycles. The van der Waals surface area contributed by atoms with Gasteiger partial charge in [-0.3, -0.25) is 4.79 Å². The summed E-state index contributed by atoms with van der Waals surface area (Å²) in [5.74, 6) is -0.00782. The van der Waals surface area contributed by atoms with Gasteiger partial charge in [0.1, 0.15) is 18.2 Å². The zero-order chi connectivity index (χ0) is 15.3. The van der Waals surface area contributed by atoms with E-state index in [1.165, 1.54) is 18.2 Å². The van der Waals surface area contributed by atoms with E-state index in [4.69, 9.17) is 9.47 Å². The van der Waals surface area contributed by atoms with E-state index in [-0.39, 0.29) is 11.3 Å². The fourth-order valence-corrected chi connectivity index (χ4v) is 2.62. The number of ether oxygens (including phenoxy) is 2. The Labute approximate surface area is 124 Å². The average molecular weight is 295 g/mol. The predicted molar refractivity (Wildman–Crippen MR) is 79.0 cm³/mol. The molecule has 1 amide bonds. The fourth-order valence-electron chi connectivity index (χ4n) is 2.62. The van der Waals surface area contributed by atoms with Crippen molar-refractivity contribution < 1.29 is 18.7 Å². The maximum absolute atomic E-state index is 13.4. The quantitative estimate of drug-likeness (QED) is 0.819. The van der Waals surface area contributed by atoms with Gasteiger partial charge in [0.2, 0.25) is 5.91 Å². The minimum absolute atomic E-state index is 0.0674. The van der Waals surface area contributed by atoms with E-state index in [2.05, 4.69) is 5.32 Å². The van der Waals surface area contributed by atoms with E-state index in [1.807, 2.05) is 6.92 Å². The number of benzene rings is 1. The Morgan fingerprint density at radius 3 is 2.71 bits per heavy atom. The molecule has 0 bridgehead atoms. The summed E-state index contributed by atoms with van der Waals surface area (Å²) < 4.78 is 23.9. The van der Waals surface area contributed by atoms with Crippen molar-refractivity contribution in [1.82, 2.24) is 0 Å². The summed E-state index contributed by atoms with van der Waals surface area (Å²) in [4.78, 5) is 12.4. The molecule has 0 saturated heterocycles. The first-order valence-electron chi connectivity index (χ1n) is 7.28. The highest BCUT2D eigenvalue weighted by atomic mass is 19.1. The first kappa shape index (κ1) is 15.8. The van der Waals surface area contributed by atoms with E-state index in [9.17, 15) is 9.18 Å². The van der Waals surface area contributed by atoms with Gasteiger partial charge < -0.3 is 14.8 Å². The lowest BCUT2D eigenvalue weighted by molar-refractivity contribution is -0.124. The predicted octanol–water partition coefficient (Wildman–Crippen LogP) is 3.37. The Balaban J connectivity index is 2.10. The smallest absolute Gasteiger partial charge is 0.230 e. The lowest BCUT2D eigenvalue weighted by atomic mass is 9.88. The molecular weight excluding hydrogens is 273 g/mol. The lowest BCUT2D eigenvalue weighted by Gasteiger charge is -2.23. The first-order chi connectivity index (χ1) is 10.0. The van der Waals surface area contributed by atoms with Gasteiger partial charge >= 0.3 is 0 Å². The van der Waals surface area contributed by atoms with Crippen LogP contribution in [0.2, 0.25) is 0 Å². The molecule has 0 radical (unpaired) electrons. The van der Waals surface area contributed by atoms with Crippen LogP contribution in [0.3, 0.4) is 0 Å². The van der Waals surface area contributed by atoms with Crippen LogP contribution in [0.5, 0.6) is 5.75 Å². The summed E-state index contributed by atoms with van der Waals surface area (Å²) in [5, 5.41) is 2.82. The number of hydrogen-bond donors (Lipinski definition) is 1. The highest BCUT2D eigenvalue weighted by molar-refractivity contribution is 5.96. The third kappa shape index (κ3) is 3.94. The van der Waals surface area contributed by atoms with Crippen molar-refractivity contribution in [1.29, 1.82) is 0 Å². The maximum atomic E-state index is 13.4. The molecule has 0 heterocycles. The molecule has 1 aromatic rings. The van der Waals surface area contributed by atoms with Gasteiger partial charge in [0, 0.05) is 18.6 Å². The third-order valence-electron chi connectivity index (χ3n) is 3.99. The second-order valence-corrected chi connectivity index (χ2v) is 5.70. The number of halogens is 1. The van der Waals surface area contributed by atoms with Crippen LogP contribution in [0.25, 0.3) is 0 Å². The van der Waals surface area contributed by atoms with Gasteiger partial charge in [-0.25, -0.2) is 4.39 Å². The standard InChI is InChI=1S/C16H22FNO3/c1-16(7-3-4-8-16)15(19)18-13-11-12(17)5-6-14(13)21-10-9-20-2/h5-6,11H,3-4,7-10H2,1-2H3,(H,18,19). The van der Waals surface area contributed by atoms with Crippen molar-refractivity contribution in [3.63, 3.8) is 0 Å². The molecule has 1 fully saturated rings. The first-order valence-corrected chi connectivity index (χ1v) is 7.28. The molecule has 116 valence electrons. The van der Waals surface area contributed by atoms with Crippen LogP contribution in [-0.2, 0) is 9.53 Å². The maximum Gasteiger partial charge on any atom is 0.230 e. The van der Waals surface area contributed by atoms with E-state index < -0.39 is 5.82 Å². The van der Waals surface area contributed by atoms with Gasteiger partial charge in [-0.1, -0.05) is 19.8 Å². The number of carbonyl (C=O) groups excluding carboxylic acids is 1. The molecule has 4 nitrogen and oxygen atoms in total. The Kier molecular flexibility index (Phi) is 5.17. The zero-order valence-electron chi connectivity index (χ0n) is 12.6. The SMILES string of the molecule is COCCOc1ccc(F)cc1NC(=O)C1(C)CCCC1. The summed E-state index contributed by atoms with van der Waals surface area (Å²) >= 11 is 0. The highest BCUT2D eigenvalue weighted by Gasteiger charge is 2.36. The second kappa shape index (κ2) is 6.89. The monoisotopic (exact) mass is 295 g/mol. The summed E-state index contributed by atoms with van der Waals surface area (Å²) in [6, 6.07) is 4.13. The highest BCUT2D eigenvalue weighted by Crippen LogP contribution is 2.39. The molecule has 0 aromatic heterocycles. The Morgan fingerprint density at radius 1 is 1.33 bits per heavy atom. The van der Waals surface area contributed by atoms with Crippen LogP contribution in [0.1, 0.15) is 32.6 Å². The van der Waals surface area contributed by atoms with Crippen LogP contribution >= 0.6 is 0 Å². The van der Waals surface area contributed by atoms with Crippen LogP contribution in [0.15, 0.2) is 18.2 Å². The van der Waals surface area contributed by atoms with Crippen LogP contribution in [0, 0.1) is 11.2 Å². The second-order valence-electron chi connectivity index (χ2n) is 5.70. The van der Waals surface area contributed by atoms with Crippen molar-refractivity contribution in [2.45, 2.75) is 32.6 Å². The molecule has 1 aliphatic rings. The molecule has 0 spiro atoms. The Bertz CT molecular complexity index is 498. The van der Waals surface area contributed by atoms with Crippen molar-refractivity contribution in [2.24, 2.45) is 5.41 Å². The van der Waals surface area contributed by atoms with E-state index in [0.29, 0.717) is 24.7 Å². The summed E-state index contributed by atoms with van der Waals surface area (Å²) in [5.41, 5.74) is 0.0140. The number of rotatable bonds is 6. The van der Waals surface area contributed by atoms with Crippen LogP contribution in [0.4, 0.5) is 10.1 Å². The van der Waals surface area contributed by atoms with E-state index in [0.717, 1.165) is 25.7 Å².